The number of rotatable bonds is 4. The standard InChI is InChI=1S/C15H28N2O.ClH/c1-12(13-5-3-2-4-6-13)11-15(18)17-14-7-9-16-10-8-14;/h12-14,16H,2-11H2,1H3,(H,17,18);1H. The Hall–Kier alpha value is -0.280. The number of carbonyl (C=O) groups excluding carboxylic acids is 1. The maximum atomic E-state index is 12.0. The highest BCUT2D eigenvalue weighted by atomic mass is 35.5. The van der Waals surface area contributed by atoms with Crippen molar-refractivity contribution in [1.29, 1.82) is 0 Å². The maximum Gasteiger partial charge on any atom is 0.220 e. The molecule has 3 nitrogen and oxygen atoms in total. The molecule has 112 valence electrons. The second-order valence-electron chi connectivity index (χ2n) is 6.17. The second kappa shape index (κ2) is 8.80. The molecule has 2 fully saturated rings. The van der Waals surface area contributed by atoms with E-state index in [2.05, 4.69) is 17.6 Å². The van der Waals surface area contributed by atoms with Crippen molar-refractivity contribution in [3.05, 3.63) is 0 Å². The molecule has 2 N–H and O–H groups in total. The van der Waals surface area contributed by atoms with Crippen LogP contribution in [0.15, 0.2) is 0 Å². The molecular formula is C15H29ClN2O. The fourth-order valence-corrected chi connectivity index (χ4v) is 3.42. The van der Waals surface area contributed by atoms with Gasteiger partial charge in [-0.2, -0.15) is 0 Å². The fraction of sp³-hybridized carbons (Fsp3) is 0.933. The zero-order valence-electron chi connectivity index (χ0n) is 12.1. The van der Waals surface area contributed by atoms with Gasteiger partial charge in [-0.3, -0.25) is 4.79 Å². The largest absolute Gasteiger partial charge is 0.353 e. The van der Waals surface area contributed by atoms with Gasteiger partial charge in [0.15, 0.2) is 0 Å². The number of nitrogens with one attached hydrogen (secondary N) is 2. The van der Waals surface area contributed by atoms with E-state index in [-0.39, 0.29) is 18.3 Å². The average molecular weight is 289 g/mol. The zero-order chi connectivity index (χ0) is 12.8. The van der Waals surface area contributed by atoms with E-state index in [1.165, 1.54) is 32.1 Å². The van der Waals surface area contributed by atoms with Gasteiger partial charge in [-0.05, 0) is 37.8 Å². The summed E-state index contributed by atoms with van der Waals surface area (Å²) in [6.45, 7) is 4.35. The van der Waals surface area contributed by atoms with Gasteiger partial charge < -0.3 is 10.6 Å². The van der Waals surface area contributed by atoms with Gasteiger partial charge in [0.1, 0.15) is 0 Å². The Balaban J connectivity index is 0.00000180. The Kier molecular flexibility index (Phi) is 7.77. The maximum absolute atomic E-state index is 12.0. The third-order valence-electron chi connectivity index (χ3n) is 4.67. The lowest BCUT2D eigenvalue weighted by Gasteiger charge is -2.28. The van der Waals surface area contributed by atoms with Crippen LogP contribution in [-0.2, 0) is 4.79 Å². The Morgan fingerprint density at radius 1 is 1.16 bits per heavy atom. The molecule has 0 bridgehead atoms. The molecule has 1 saturated heterocycles. The molecule has 0 spiro atoms. The van der Waals surface area contributed by atoms with Crippen LogP contribution in [-0.4, -0.2) is 25.0 Å². The fourth-order valence-electron chi connectivity index (χ4n) is 3.42. The quantitative estimate of drug-likeness (QED) is 0.835. The van der Waals surface area contributed by atoms with Gasteiger partial charge in [-0.15, -0.1) is 12.4 Å². The Morgan fingerprint density at radius 2 is 1.79 bits per heavy atom. The van der Waals surface area contributed by atoms with Crippen LogP contribution >= 0.6 is 12.4 Å². The van der Waals surface area contributed by atoms with E-state index in [1.54, 1.807) is 0 Å². The lowest BCUT2D eigenvalue weighted by molar-refractivity contribution is -0.123. The van der Waals surface area contributed by atoms with Crippen LogP contribution < -0.4 is 10.6 Å². The first kappa shape index (κ1) is 16.8. The van der Waals surface area contributed by atoms with E-state index >= 15 is 0 Å². The van der Waals surface area contributed by atoms with Crippen molar-refractivity contribution in [1.82, 2.24) is 10.6 Å². The summed E-state index contributed by atoms with van der Waals surface area (Å²) in [5.74, 6) is 1.63. The normalized spacial score (nSPS) is 23.4. The first-order valence-electron chi connectivity index (χ1n) is 7.76. The summed E-state index contributed by atoms with van der Waals surface area (Å²) in [6.07, 6.45) is 9.70. The van der Waals surface area contributed by atoms with Gasteiger partial charge in [-0.25, -0.2) is 0 Å². The molecule has 2 aliphatic rings. The van der Waals surface area contributed by atoms with Crippen LogP contribution in [0.5, 0.6) is 0 Å². The minimum absolute atomic E-state index is 0. The molecule has 1 amide bonds. The van der Waals surface area contributed by atoms with Crippen molar-refractivity contribution in [3.63, 3.8) is 0 Å². The van der Waals surface area contributed by atoms with E-state index in [9.17, 15) is 4.79 Å². The number of hydrogen-bond donors (Lipinski definition) is 2. The highest BCUT2D eigenvalue weighted by Gasteiger charge is 2.23. The second-order valence-corrected chi connectivity index (χ2v) is 6.17. The summed E-state index contributed by atoms with van der Waals surface area (Å²) < 4.78 is 0. The first-order chi connectivity index (χ1) is 8.75. The minimum atomic E-state index is 0. The van der Waals surface area contributed by atoms with Crippen LogP contribution in [0, 0.1) is 11.8 Å². The lowest BCUT2D eigenvalue weighted by atomic mass is 9.79. The van der Waals surface area contributed by atoms with Gasteiger partial charge in [0, 0.05) is 12.5 Å². The van der Waals surface area contributed by atoms with Crippen molar-refractivity contribution < 1.29 is 4.79 Å². The van der Waals surface area contributed by atoms with E-state index in [1.807, 2.05) is 0 Å². The topological polar surface area (TPSA) is 41.1 Å². The van der Waals surface area contributed by atoms with Crippen LogP contribution in [0.25, 0.3) is 0 Å². The molecule has 1 aliphatic carbocycles. The van der Waals surface area contributed by atoms with Gasteiger partial charge in [0.2, 0.25) is 5.91 Å². The van der Waals surface area contributed by atoms with Gasteiger partial charge >= 0.3 is 0 Å². The molecule has 0 aromatic heterocycles. The Bertz CT molecular complexity index is 261. The summed E-state index contributed by atoms with van der Waals surface area (Å²) in [7, 11) is 0. The Morgan fingerprint density at radius 3 is 2.42 bits per heavy atom. The lowest BCUT2D eigenvalue weighted by Crippen LogP contribution is -2.43. The summed E-state index contributed by atoms with van der Waals surface area (Å²) in [4.78, 5) is 12.0. The highest BCUT2D eigenvalue weighted by molar-refractivity contribution is 5.85. The van der Waals surface area contributed by atoms with Crippen molar-refractivity contribution >= 4 is 18.3 Å². The van der Waals surface area contributed by atoms with E-state index < -0.39 is 0 Å². The molecule has 0 aromatic rings. The highest BCUT2D eigenvalue weighted by Crippen LogP contribution is 2.31. The third kappa shape index (κ3) is 5.70. The number of piperidine rings is 1. The molecule has 1 aliphatic heterocycles. The smallest absolute Gasteiger partial charge is 0.220 e. The van der Waals surface area contributed by atoms with Crippen molar-refractivity contribution in [2.24, 2.45) is 11.8 Å². The molecule has 0 radical (unpaired) electrons. The number of amides is 1. The summed E-state index contributed by atoms with van der Waals surface area (Å²) in [6, 6.07) is 0.414. The molecule has 4 heteroatoms. The summed E-state index contributed by atoms with van der Waals surface area (Å²) in [5.41, 5.74) is 0. The van der Waals surface area contributed by atoms with E-state index in [0.717, 1.165) is 38.3 Å². The predicted octanol–water partition coefficient (Wildman–Crippen LogP) is 2.88. The van der Waals surface area contributed by atoms with Crippen LogP contribution in [0.1, 0.15) is 58.3 Å². The predicted molar refractivity (Wildman–Crippen MR) is 81.6 cm³/mol. The SMILES string of the molecule is CC(CC(=O)NC1CCNCC1)C1CCCCC1.Cl. The van der Waals surface area contributed by atoms with Gasteiger partial charge in [-0.1, -0.05) is 39.0 Å². The van der Waals surface area contributed by atoms with Crippen molar-refractivity contribution in [3.8, 4) is 0 Å². The number of hydrogen-bond acceptors (Lipinski definition) is 2. The monoisotopic (exact) mass is 288 g/mol. The first-order valence-corrected chi connectivity index (χ1v) is 7.76. The Labute approximate surface area is 123 Å². The summed E-state index contributed by atoms with van der Waals surface area (Å²) >= 11 is 0. The van der Waals surface area contributed by atoms with Crippen LogP contribution in [0.3, 0.4) is 0 Å². The van der Waals surface area contributed by atoms with E-state index in [0.29, 0.717) is 12.0 Å². The molecule has 0 aromatic carbocycles. The minimum Gasteiger partial charge on any atom is -0.353 e. The zero-order valence-corrected chi connectivity index (χ0v) is 12.9. The summed E-state index contributed by atoms with van der Waals surface area (Å²) in [5, 5.41) is 6.54. The molecule has 1 atom stereocenters. The van der Waals surface area contributed by atoms with Crippen LogP contribution in [0.2, 0.25) is 0 Å². The van der Waals surface area contributed by atoms with Crippen LogP contribution in [0.4, 0.5) is 0 Å². The molecule has 19 heavy (non-hydrogen) atoms. The van der Waals surface area contributed by atoms with Crippen molar-refractivity contribution in [2.75, 3.05) is 13.1 Å². The molecular weight excluding hydrogens is 260 g/mol. The average Bonchev–Trinajstić information content (AvgIpc) is 2.40. The number of carbonyl (C=O) groups is 1. The number of halogens is 1. The molecule has 1 unspecified atom stereocenters. The van der Waals surface area contributed by atoms with Crippen molar-refractivity contribution in [2.45, 2.75) is 64.3 Å². The third-order valence-corrected chi connectivity index (χ3v) is 4.67. The molecule has 1 saturated carbocycles. The van der Waals surface area contributed by atoms with Gasteiger partial charge in [0.25, 0.3) is 0 Å². The van der Waals surface area contributed by atoms with Gasteiger partial charge in [0.05, 0.1) is 0 Å². The van der Waals surface area contributed by atoms with E-state index in [4.69, 9.17) is 0 Å². The molecule has 2 rings (SSSR count). The molecule has 1 heterocycles.